The number of nitriles is 1. The van der Waals surface area contributed by atoms with Crippen molar-refractivity contribution in [3.05, 3.63) is 59.2 Å². The number of hydrogen-bond acceptors (Lipinski definition) is 5. The zero-order chi connectivity index (χ0) is 21.1. The molecule has 2 aromatic carbocycles. The van der Waals surface area contributed by atoms with Crippen molar-refractivity contribution in [3.8, 4) is 17.6 Å². The first kappa shape index (κ1) is 21.3. The summed E-state index contributed by atoms with van der Waals surface area (Å²) < 4.78 is 10.8. The first-order valence-electron chi connectivity index (χ1n) is 8.80. The van der Waals surface area contributed by atoms with Crippen molar-refractivity contribution in [2.45, 2.75) is 23.2 Å². The normalized spacial score (nSPS) is 19.4. The lowest BCUT2D eigenvalue weighted by Gasteiger charge is -2.11. The lowest BCUT2D eigenvalue weighted by Crippen LogP contribution is -2.29. The molecule has 0 aliphatic heterocycles. The molecule has 150 valence electrons. The number of hydrazone groups is 1. The summed E-state index contributed by atoms with van der Waals surface area (Å²) in [6.07, 6.45) is 2.28. The second-order valence-corrected chi connectivity index (χ2v) is 10.7. The van der Waals surface area contributed by atoms with Crippen LogP contribution in [0.25, 0.3) is 0 Å². The maximum Gasteiger partial charge on any atom is 0.248 e. The lowest BCUT2D eigenvalue weighted by atomic mass is 10.1. The minimum atomic E-state index is -0.523. The summed E-state index contributed by atoms with van der Waals surface area (Å²) in [5.41, 5.74) is 4.28. The van der Waals surface area contributed by atoms with E-state index < -0.39 is 5.41 Å². The summed E-state index contributed by atoms with van der Waals surface area (Å²) >= 11 is 6.95. The van der Waals surface area contributed by atoms with Gasteiger partial charge in [0.15, 0.2) is 0 Å². The van der Waals surface area contributed by atoms with Crippen LogP contribution in [0, 0.1) is 16.7 Å². The van der Waals surface area contributed by atoms with Crippen LogP contribution in [0.2, 0.25) is 0 Å². The molecule has 1 saturated carbocycles. The number of halogens is 2. The summed E-state index contributed by atoms with van der Waals surface area (Å²) in [7, 11) is 1.59. The molecule has 0 saturated heterocycles. The minimum Gasteiger partial charge on any atom is -0.496 e. The van der Waals surface area contributed by atoms with Crippen LogP contribution in [-0.2, 0) is 11.4 Å². The van der Waals surface area contributed by atoms with Crippen molar-refractivity contribution in [1.82, 2.24) is 5.43 Å². The Balaban J connectivity index is 1.65. The molecule has 0 radical (unpaired) electrons. The van der Waals surface area contributed by atoms with Crippen LogP contribution >= 0.6 is 31.9 Å². The topological polar surface area (TPSA) is 83.7 Å². The van der Waals surface area contributed by atoms with Gasteiger partial charge in [-0.15, -0.1) is 0 Å². The highest BCUT2D eigenvalue weighted by Gasteiger charge is 2.66. The van der Waals surface area contributed by atoms with E-state index in [1.165, 1.54) is 0 Å². The van der Waals surface area contributed by atoms with Gasteiger partial charge in [0, 0.05) is 5.56 Å². The van der Waals surface area contributed by atoms with Gasteiger partial charge in [-0.25, -0.2) is 5.43 Å². The number of nitrogens with one attached hydrogen (secondary N) is 1. The van der Waals surface area contributed by atoms with Crippen LogP contribution < -0.4 is 14.9 Å². The molecular formula is C21H19Br2N3O3. The highest BCUT2D eigenvalue weighted by molar-refractivity contribution is 9.25. The molecule has 2 aromatic rings. The molecule has 1 fully saturated rings. The van der Waals surface area contributed by atoms with E-state index in [0.29, 0.717) is 23.5 Å². The SMILES string of the molecule is COc1ccc(/C=N\NC(=O)[C@]2(C)CC2(Br)Br)cc1COc1ccc(C#N)cc1. The Kier molecular flexibility index (Phi) is 6.30. The third kappa shape index (κ3) is 4.80. The Labute approximate surface area is 186 Å². The van der Waals surface area contributed by atoms with Crippen molar-refractivity contribution in [2.24, 2.45) is 10.5 Å². The summed E-state index contributed by atoms with van der Waals surface area (Å²) in [6, 6.07) is 14.5. The highest BCUT2D eigenvalue weighted by atomic mass is 79.9. The molecule has 0 aromatic heterocycles. The van der Waals surface area contributed by atoms with Crippen molar-refractivity contribution < 1.29 is 14.3 Å². The van der Waals surface area contributed by atoms with E-state index in [1.807, 2.05) is 25.1 Å². The predicted molar refractivity (Wildman–Crippen MR) is 118 cm³/mol. The molecule has 1 aliphatic carbocycles. The second-order valence-electron chi connectivity index (χ2n) is 6.91. The van der Waals surface area contributed by atoms with Gasteiger partial charge in [-0.05, 0) is 61.4 Å². The van der Waals surface area contributed by atoms with Gasteiger partial charge in [0.2, 0.25) is 5.91 Å². The van der Waals surface area contributed by atoms with E-state index >= 15 is 0 Å². The molecule has 1 amide bonds. The number of carbonyl (C=O) groups excluding carboxylic acids is 1. The van der Waals surface area contributed by atoms with E-state index in [4.69, 9.17) is 14.7 Å². The van der Waals surface area contributed by atoms with E-state index in [9.17, 15) is 4.79 Å². The Morgan fingerprint density at radius 1 is 1.31 bits per heavy atom. The van der Waals surface area contributed by atoms with Crippen LogP contribution in [0.5, 0.6) is 11.5 Å². The zero-order valence-electron chi connectivity index (χ0n) is 15.9. The van der Waals surface area contributed by atoms with Gasteiger partial charge < -0.3 is 9.47 Å². The number of rotatable bonds is 7. The summed E-state index contributed by atoms with van der Waals surface area (Å²) in [5.74, 6) is 1.19. The fourth-order valence-electron chi connectivity index (χ4n) is 2.71. The first-order chi connectivity index (χ1) is 13.8. The molecule has 0 unspecified atom stereocenters. The molecule has 29 heavy (non-hydrogen) atoms. The lowest BCUT2D eigenvalue weighted by molar-refractivity contribution is -0.125. The monoisotopic (exact) mass is 519 g/mol. The molecular weight excluding hydrogens is 502 g/mol. The fourth-order valence-corrected chi connectivity index (χ4v) is 4.20. The largest absolute Gasteiger partial charge is 0.496 e. The smallest absolute Gasteiger partial charge is 0.248 e. The van der Waals surface area contributed by atoms with E-state index in [2.05, 4.69) is 48.5 Å². The molecule has 1 N–H and O–H groups in total. The molecule has 0 heterocycles. The average molecular weight is 521 g/mol. The van der Waals surface area contributed by atoms with Gasteiger partial charge in [-0.3, -0.25) is 4.79 Å². The van der Waals surface area contributed by atoms with Gasteiger partial charge in [0.25, 0.3) is 0 Å². The number of alkyl halides is 2. The molecule has 1 aliphatic rings. The Morgan fingerprint density at radius 2 is 2.00 bits per heavy atom. The van der Waals surface area contributed by atoms with Gasteiger partial charge >= 0.3 is 0 Å². The molecule has 0 spiro atoms. The van der Waals surface area contributed by atoms with Crippen molar-refractivity contribution >= 4 is 44.0 Å². The van der Waals surface area contributed by atoms with E-state index in [-0.39, 0.29) is 15.7 Å². The number of methoxy groups -OCH3 is 1. The summed E-state index contributed by atoms with van der Waals surface area (Å²) in [4.78, 5) is 12.3. The van der Waals surface area contributed by atoms with E-state index in [0.717, 1.165) is 11.1 Å². The first-order valence-corrected chi connectivity index (χ1v) is 10.4. The van der Waals surface area contributed by atoms with Crippen LogP contribution in [0.15, 0.2) is 47.6 Å². The van der Waals surface area contributed by atoms with Crippen molar-refractivity contribution in [1.29, 1.82) is 5.26 Å². The molecule has 3 rings (SSSR count). The van der Waals surface area contributed by atoms with Crippen molar-refractivity contribution in [3.63, 3.8) is 0 Å². The Hall–Kier alpha value is -2.37. The number of hydrogen-bond donors (Lipinski definition) is 1. The van der Waals surface area contributed by atoms with Crippen molar-refractivity contribution in [2.75, 3.05) is 7.11 Å². The number of amides is 1. The average Bonchev–Trinajstić information content (AvgIpc) is 3.25. The zero-order valence-corrected chi connectivity index (χ0v) is 19.1. The molecule has 0 bridgehead atoms. The molecule has 8 heteroatoms. The van der Waals surface area contributed by atoms with Gasteiger partial charge in [0.1, 0.15) is 18.1 Å². The third-order valence-corrected chi connectivity index (χ3v) is 7.13. The maximum atomic E-state index is 12.3. The molecule has 1 atom stereocenters. The Bertz CT molecular complexity index is 984. The van der Waals surface area contributed by atoms with Gasteiger partial charge in [-0.1, -0.05) is 31.9 Å². The van der Waals surface area contributed by atoms with Gasteiger partial charge in [0.05, 0.1) is 33.6 Å². The standard InChI is InChI=1S/C21H19Br2N3O3/c1-20(13-21(20,22)23)19(27)26-25-11-15-5-8-18(28-2)16(9-15)12-29-17-6-3-14(10-24)4-7-17/h3-9,11H,12-13H2,1-2H3,(H,26,27)/b25-11-/t20-/m0/s1. The van der Waals surface area contributed by atoms with Crippen LogP contribution in [0.1, 0.15) is 30.0 Å². The second kappa shape index (κ2) is 8.56. The number of nitrogens with zero attached hydrogens (tertiary/aromatic N) is 2. The van der Waals surface area contributed by atoms with E-state index in [1.54, 1.807) is 37.6 Å². The number of carbonyl (C=O) groups is 1. The minimum absolute atomic E-state index is 0.152. The van der Waals surface area contributed by atoms with Crippen LogP contribution in [-0.4, -0.2) is 22.5 Å². The maximum absolute atomic E-state index is 12.3. The van der Waals surface area contributed by atoms with Gasteiger partial charge in [-0.2, -0.15) is 10.4 Å². The van der Waals surface area contributed by atoms with Crippen LogP contribution in [0.3, 0.4) is 0 Å². The highest BCUT2D eigenvalue weighted by Crippen LogP contribution is 2.66. The Morgan fingerprint density at radius 3 is 2.59 bits per heavy atom. The predicted octanol–water partition coefficient (Wildman–Crippen LogP) is 4.49. The number of benzene rings is 2. The quantitative estimate of drug-likeness (QED) is 0.331. The summed E-state index contributed by atoms with van der Waals surface area (Å²) in [6.45, 7) is 2.16. The van der Waals surface area contributed by atoms with Crippen LogP contribution in [0.4, 0.5) is 0 Å². The fraction of sp³-hybridized carbons (Fsp3) is 0.286. The third-order valence-electron chi connectivity index (χ3n) is 4.82. The number of ether oxygens (including phenoxy) is 2. The molecule has 6 nitrogen and oxygen atoms in total. The summed E-state index contributed by atoms with van der Waals surface area (Å²) in [5, 5.41) is 12.9.